The van der Waals surface area contributed by atoms with E-state index >= 15 is 0 Å². The van der Waals surface area contributed by atoms with Crippen LogP contribution < -0.4 is 5.06 Å². The Morgan fingerprint density at radius 2 is 2.00 bits per heavy atom. The second-order valence-electron chi connectivity index (χ2n) is 4.31. The first-order chi connectivity index (χ1) is 9.66. The highest BCUT2D eigenvalue weighted by molar-refractivity contribution is 5.88. The number of aromatic nitrogens is 3. The number of hydroxylamine groups is 1. The number of para-hydroxylation sites is 2. The molecule has 20 heavy (non-hydrogen) atoms. The minimum Gasteiger partial charge on any atom is -0.283 e. The van der Waals surface area contributed by atoms with Crippen LogP contribution >= 0.6 is 0 Å². The first-order valence-electron chi connectivity index (χ1n) is 6.05. The first kappa shape index (κ1) is 12.3. The van der Waals surface area contributed by atoms with Gasteiger partial charge < -0.3 is 0 Å². The Kier molecular flexibility index (Phi) is 2.92. The van der Waals surface area contributed by atoms with Crippen molar-refractivity contribution in [2.45, 2.75) is 6.92 Å². The molecule has 2 aromatic heterocycles. The van der Waals surface area contributed by atoms with E-state index < -0.39 is 5.91 Å². The van der Waals surface area contributed by atoms with Crippen LogP contribution in [-0.4, -0.2) is 25.6 Å². The Hall–Kier alpha value is -2.73. The number of amides is 1. The highest BCUT2D eigenvalue weighted by atomic mass is 16.5. The van der Waals surface area contributed by atoms with Gasteiger partial charge in [-0.05, 0) is 24.3 Å². The zero-order valence-electron chi connectivity index (χ0n) is 10.8. The number of anilines is 1. The minimum absolute atomic E-state index is 0.325. The average molecular weight is 268 g/mol. The van der Waals surface area contributed by atoms with Gasteiger partial charge in [0.05, 0.1) is 22.9 Å². The van der Waals surface area contributed by atoms with Gasteiger partial charge in [-0.2, -0.15) is 5.06 Å². The number of carbonyl (C=O) groups is 1. The summed E-state index contributed by atoms with van der Waals surface area (Å²) in [5, 5.41) is 10.1. The third-order valence-electron chi connectivity index (χ3n) is 2.98. The van der Waals surface area contributed by atoms with Gasteiger partial charge in [-0.3, -0.25) is 14.6 Å². The molecule has 0 saturated carbocycles. The van der Waals surface area contributed by atoms with E-state index in [1.807, 2.05) is 28.8 Å². The summed E-state index contributed by atoms with van der Waals surface area (Å²) in [6.45, 7) is 1.28. The monoisotopic (exact) mass is 268 g/mol. The maximum absolute atomic E-state index is 11.1. The molecule has 0 atom stereocenters. The lowest BCUT2D eigenvalue weighted by Crippen LogP contribution is -2.23. The minimum atomic E-state index is -0.465. The van der Waals surface area contributed by atoms with E-state index in [1.54, 1.807) is 18.5 Å². The number of nitrogens with zero attached hydrogens (tertiary/aromatic N) is 4. The predicted molar refractivity (Wildman–Crippen MR) is 73.8 cm³/mol. The summed E-state index contributed by atoms with van der Waals surface area (Å²) < 4.78 is 1.84. The van der Waals surface area contributed by atoms with Crippen molar-refractivity contribution in [3.05, 3.63) is 48.9 Å². The Morgan fingerprint density at radius 1 is 1.20 bits per heavy atom. The van der Waals surface area contributed by atoms with Crippen molar-refractivity contribution in [1.82, 2.24) is 14.5 Å². The molecule has 6 heteroatoms. The van der Waals surface area contributed by atoms with Crippen LogP contribution in [0, 0.1) is 0 Å². The van der Waals surface area contributed by atoms with Crippen LogP contribution in [0.25, 0.3) is 16.9 Å². The summed E-state index contributed by atoms with van der Waals surface area (Å²) >= 11 is 0. The molecule has 0 unspecified atom stereocenters. The van der Waals surface area contributed by atoms with E-state index in [2.05, 4.69) is 9.97 Å². The molecule has 1 N–H and O–H groups in total. The van der Waals surface area contributed by atoms with Gasteiger partial charge in [0.25, 0.3) is 0 Å². The molecule has 0 bridgehead atoms. The van der Waals surface area contributed by atoms with Crippen molar-refractivity contribution in [1.29, 1.82) is 0 Å². The maximum Gasteiger partial charge on any atom is 0.247 e. The molecule has 0 radical (unpaired) electrons. The molecule has 3 rings (SSSR count). The van der Waals surface area contributed by atoms with Gasteiger partial charge in [-0.1, -0.05) is 12.1 Å². The van der Waals surface area contributed by atoms with Crippen molar-refractivity contribution in [3.63, 3.8) is 0 Å². The fourth-order valence-electron chi connectivity index (χ4n) is 1.97. The lowest BCUT2D eigenvalue weighted by molar-refractivity contribution is -0.121. The number of hydrogen-bond acceptors (Lipinski definition) is 4. The van der Waals surface area contributed by atoms with Gasteiger partial charge in [-0.25, -0.2) is 9.97 Å². The van der Waals surface area contributed by atoms with Crippen LogP contribution in [0.3, 0.4) is 0 Å². The molecule has 1 aromatic carbocycles. The SMILES string of the molecule is CC(=O)N(O)c1ccc(-n2cnc3ccccc32)nc1. The zero-order valence-corrected chi connectivity index (χ0v) is 10.8. The summed E-state index contributed by atoms with van der Waals surface area (Å²) in [4.78, 5) is 19.6. The molecule has 3 aromatic rings. The van der Waals surface area contributed by atoms with Gasteiger partial charge in [0, 0.05) is 6.92 Å². The quantitative estimate of drug-likeness (QED) is 0.571. The van der Waals surface area contributed by atoms with Crippen LogP contribution in [0.2, 0.25) is 0 Å². The molecule has 0 aliphatic heterocycles. The molecule has 6 nitrogen and oxygen atoms in total. The molecule has 0 aliphatic carbocycles. The van der Waals surface area contributed by atoms with Crippen molar-refractivity contribution < 1.29 is 10.0 Å². The van der Waals surface area contributed by atoms with Gasteiger partial charge in [-0.15, -0.1) is 0 Å². The molecule has 0 aliphatic rings. The Morgan fingerprint density at radius 3 is 2.70 bits per heavy atom. The Bertz CT molecular complexity index is 764. The molecule has 0 spiro atoms. The molecule has 0 saturated heterocycles. The van der Waals surface area contributed by atoms with E-state index in [4.69, 9.17) is 0 Å². The van der Waals surface area contributed by atoms with Crippen LogP contribution in [-0.2, 0) is 4.79 Å². The standard InChI is InChI=1S/C14H12N4O2/c1-10(19)18(20)11-6-7-14(15-8-11)17-9-16-12-4-2-3-5-13(12)17/h2-9,20H,1H3. The smallest absolute Gasteiger partial charge is 0.247 e. The van der Waals surface area contributed by atoms with Crippen molar-refractivity contribution >= 4 is 22.6 Å². The lowest BCUT2D eigenvalue weighted by atomic mass is 10.3. The van der Waals surface area contributed by atoms with Gasteiger partial charge in [0.2, 0.25) is 5.91 Å². The third kappa shape index (κ3) is 2.02. The van der Waals surface area contributed by atoms with E-state index in [0.717, 1.165) is 11.0 Å². The number of fused-ring (bicyclic) bond motifs is 1. The van der Waals surface area contributed by atoms with Crippen LogP contribution in [0.4, 0.5) is 5.69 Å². The van der Waals surface area contributed by atoms with Crippen LogP contribution in [0.15, 0.2) is 48.9 Å². The van der Waals surface area contributed by atoms with Crippen LogP contribution in [0.1, 0.15) is 6.92 Å². The lowest BCUT2D eigenvalue weighted by Gasteiger charge is -2.12. The van der Waals surface area contributed by atoms with E-state index in [0.29, 0.717) is 16.6 Å². The van der Waals surface area contributed by atoms with Crippen molar-refractivity contribution in [3.8, 4) is 5.82 Å². The largest absolute Gasteiger partial charge is 0.283 e. The van der Waals surface area contributed by atoms with E-state index in [1.165, 1.54) is 13.1 Å². The summed E-state index contributed by atoms with van der Waals surface area (Å²) in [6, 6.07) is 11.1. The fourth-order valence-corrected chi connectivity index (χ4v) is 1.97. The normalized spacial score (nSPS) is 10.7. The number of rotatable bonds is 2. The van der Waals surface area contributed by atoms with Crippen LogP contribution in [0.5, 0.6) is 0 Å². The number of hydrogen-bond donors (Lipinski definition) is 1. The summed E-state index contributed by atoms with van der Waals surface area (Å²) in [5.74, 6) is 0.201. The van der Waals surface area contributed by atoms with E-state index in [9.17, 15) is 10.0 Å². The third-order valence-corrected chi connectivity index (χ3v) is 2.98. The Labute approximate surface area is 114 Å². The maximum atomic E-state index is 11.1. The number of pyridine rings is 1. The predicted octanol–water partition coefficient (Wildman–Crippen LogP) is 2.16. The highest BCUT2D eigenvalue weighted by Gasteiger charge is 2.09. The molecule has 2 heterocycles. The second-order valence-corrected chi connectivity index (χ2v) is 4.31. The molecule has 1 amide bonds. The first-order valence-corrected chi connectivity index (χ1v) is 6.05. The number of carbonyl (C=O) groups excluding carboxylic acids is 1. The zero-order chi connectivity index (χ0) is 14.1. The Balaban J connectivity index is 2.01. The van der Waals surface area contributed by atoms with Crippen molar-refractivity contribution in [2.24, 2.45) is 0 Å². The topological polar surface area (TPSA) is 71.2 Å². The molecular weight excluding hydrogens is 256 g/mol. The van der Waals surface area contributed by atoms with E-state index in [-0.39, 0.29) is 0 Å². The van der Waals surface area contributed by atoms with Crippen molar-refractivity contribution in [2.75, 3.05) is 5.06 Å². The second kappa shape index (κ2) is 4.75. The molecule has 100 valence electrons. The fraction of sp³-hybridized carbons (Fsp3) is 0.0714. The number of imidazole rings is 1. The average Bonchev–Trinajstić information content (AvgIpc) is 2.90. The summed E-state index contributed by atoms with van der Waals surface area (Å²) in [6.07, 6.45) is 3.12. The molecular formula is C14H12N4O2. The van der Waals surface area contributed by atoms with Gasteiger partial charge in [0.15, 0.2) is 0 Å². The van der Waals surface area contributed by atoms with Gasteiger partial charge in [0.1, 0.15) is 12.1 Å². The van der Waals surface area contributed by atoms with Gasteiger partial charge >= 0.3 is 0 Å². The summed E-state index contributed by atoms with van der Waals surface area (Å²) in [5.41, 5.74) is 2.15. The summed E-state index contributed by atoms with van der Waals surface area (Å²) in [7, 11) is 0. The molecule has 0 fully saturated rings. The number of benzene rings is 1. The highest BCUT2D eigenvalue weighted by Crippen LogP contribution is 2.18.